The number of piperidine rings is 1. The van der Waals surface area contributed by atoms with E-state index >= 15 is 0 Å². The van der Waals surface area contributed by atoms with E-state index < -0.39 is 0 Å². The normalized spacial score (nSPS) is 15.2. The molecule has 3 heterocycles. The van der Waals surface area contributed by atoms with Crippen molar-refractivity contribution in [3.05, 3.63) is 71.7 Å². The minimum absolute atomic E-state index is 0.0587. The number of hydrogen-bond acceptors (Lipinski definition) is 3. The number of hydrogen-bond donors (Lipinski definition) is 1. The lowest BCUT2D eigenvalue weighted by molar-refractivity contribution is 0.0714. The van der Waals surface area contributed by atoms with E-state index in [1.807, 2.05) is 42.4 Å². The highest BCUT2D eigenvalue weighted by atomic mass is 16.2. The summed E-state index contributed by atoms with van der Waals surface area (Å²) in [6, 6.07) is 12.3. The van der Waals surface area contributed by atoms with Crippen molar-refractivity contribution in [3.8, 4) is 11.3 Å². The van der Waals surface area contributed by atoms with E-state index in [0.717, 1.165) is 42.8 Å². The van der Waals surface area contributed by atoms with Crippen LogP contribution in [-0.4, -0.2) is 39.1 Å². The van der Waals surface area contributed by atoms with E-state index in [1.54, 1.807) is 6.20 Å². The van der Waals surface area contributed by atoms with Crippen LogP contribution in [0.2, 0.25) is 0 Å². The molecule has 26 heavy (non-hydrogen) atoms. The first-order valence-corrected chi connectivity index (χ1v) is 9.02. The lowest BCUT2D eigenvalue weighted by Crippen LogP contribution is -2.38. The third-order valence-corrected chi connectivity index (χ3v) is 5.14. The average molecular weight is 346 g/mol. The number of carbonyl (C=O) groups excluding carboxylic acids is 1. The maximum atomic E-state index is 13.0. The fraction of sp³-hybridized carbons (Fsp3) is 0.286. The first kappa shape index (κ1) is 16.5. The number of amides is 1. The first-order valence-electron chi connectivity index (χ1n) is 9.02. The van der Waals surface area contributed by atoms with E-state index in [9.17, 15) is 4.79 Å². The second-order valence-electron chi connectivity index (χ2n) is 6.88. The van der Waals surface area contributed by atoms with Crippen LogP contribution in [0.4, 0.5) is 0 Å². The average Bonchev–Trinajstić information content (AvgIpc) is 3.18. The Hall–Kier alpha value is -2.95. The van der Waals surface area contributed by atoms with Crippen molar-refractivity contribution in [2.24, 2.45) is 0 Å². The van der Waals surface area contributed by atoms with Crippen LogP contribution in [0.1, 0.15) is 40.2 Å². The van der Waals surface area contributed by atoms with Crippen molar-refractivity contribution in [2.45, 2.75) is 25.7 Å². The maximum Gasteiger partial charge on any atom is 0.257 e. The van der Waals surface area contributed by atoms with Gasteiger partial charge < -0.3 is 4.90 Å². The summed E-state index contributed by atoms with van der Waals surface area (Å²) in [6.45, 7) is 3.58. The van der Waals surface area contributed by atoms with Crippen molar-refractivity contribution >= 4 is 5.91 Å². The van der Waals surface area contributed by atoms with Gasteiger partial charge in [-0.3, -0.25) is 14.9 Å². The fourth-order valence-corrected chi connectivity index (χ4v) is 3.69. The van der Waals surface area contributed by atoms with E-state index in [1.165, 1.54) is 5.56 Å². The Morgan fingerprint density at radius 3 is 2.65 bits per heavy atom. The molecule has 0 unspecified atom stereocenters. The van der Waals surface area contributed by atoms with Crippen LogP contribution >= 0.6 is 0 Å². The molecule has 0 atom stereocenters. The lowest BCUT2D eigenvalue weighted by atomic mass is 9.90. The Balaban J connectivity index is 1.49. The largest absolute Gasteiger partial charge is 0.338 e. The maximum absolute atomic E-state index is 13.0. The number of H-pyrrole nitrogens is 1. The second-order valence-corrected chi connectivity index (χ2v) is 6.88. The molecular weight excluding hydrogens is 324 g/mol. The summed E-state index contributed by atoms with van der Waals surface area (Å²) < 4.78 is 0. The van der Waals surface area contributed by atoms with Crippen LogP contribution in [0.5, 0.6) is 0 Å². The predicted octanol–water partition coefficient (Wildman–Crippen LogP) is 3.80. The van der Waals surface area contributed by atoms with Gasteiger partial charge in [0.1, 0.15) is 0 Å². The Morgan fingerprint density at radius 1 is 1.15 bits per heavy atom. The quantitative estimate of drug-likeness (QED) is 0.785. The topological polar surface area (TPSA) is 61.9 Å². The van der Waals surface area contributed by atoms with Gasteiger partial charge in [0, 0.05) is 31.0 Å². The molecule has 4 rings (SSSR count). The molecule has 132 valence electrons. The Kier molecular flexibility index (Phi) is 4.52. The third kappa shape index (κ3) is 3.25. The molecule has 3 aromatic rings. The number of carbonyl (C=O) groups is 1. The molecule has 1 aromatic carbocycles. The van der Waals surface area contributed by atoms with Crippen molar-refractivity contribution in [1.82, 2.24) is 20.1 Å². The number of aryl methyl sites for hydroxylation is 1. The molecule has 5 heteroatoms. The van der Waals surface area contributed by atoms with E-state index in [0.29, 0.717) is 11.5 Å². The van der Waals surface area contributed by atoms with Crippen LogP contribution in [0.15, 0.2) is 55.0 Å². The molecule has 1 N–H and O–H groups in total. The minimum atomic E-state index is 0.0587. The molecule has 1 aliphatic rings. The zero-order valence-electron chi connectivity index (χ0n) is 14.9. The van der Waals surface area contributed by atoms with Crippen LogP contribution in [0.25, 0.3) is 11.3 Å². The number of likely N-dealkylation sites (tertiary alicyclic amines) is 1. The second kappa shape index (κ2) is 7.12. The smallest absolute Gasteiger partial charge is 0.257 e. The van der Waals surface area contributed by atoms with Gasteiger partial charge in [0.25, 0.3) is 5.91 Å². The van der Waals surface area contributed by atoms with Gasteiger partial charge in [-0.05, 0) is 49.4 Å². The third-order valence-electron chi connectivity index (χ3n) is 5.14. The molecule has 0 radical (unpaired) electrons. The van der Waals surface area contributed by atoms with Crippen molar-refractivity contribution in [3.63, 3.8) is 0 Å². The molecule has 0 saturated carbocycles. The number of nitrogens with zero attached hydrogens (tertiary/aromatic N) is 3. The molecule has 1 aliphatic heterocycles. The Bertz CT molecular complexity index is 895. The van der Waals surface area contributed by atoms with Crippen molar-refractivity contribution in [1.29, 1.82) is 0 Å². The Labute approximate surface area is 153 Å². The summed E-state index contributed by atoms with van der Waals surface area (Å²) in [7, 11) is 0. The Morgan fingerprint density at radius 2 is 1.92 bits per heavy atom. The summed E-state index contributed by atoms with van der Waals surface area (Å²) in [4.78, 5) is 19.1. The standard InChI is InChI=1S/C21H22N4O/c1-15-3-2-4-18(13-15)20-19(14-23-24-20)21(26)25-11-7-17(8-12-25)16-5-9-22-10-6-16/h2-6,9-10,13-14,17H,7-8,11-12H2,1H3,(H,23,24). The lowest BCUT2D eigenvalue weighted by Gasteiger charge is -2.32. The predicted molar refractivity (Wildman–Crippen MR) is 101 cm³/mol. The van der Waals surface area contributed by atoms with E-state index in [2.05, 4.69) is 33.4 Å². The zero-order valence-corrected chi connectivity index (χ0v) is 14.9. The highest BCUT2D eigenvalue weighted by Gasteiger charge is 2.27. The van der Waals surface area contributed by atoms with Gasteiger partial charge in [-0.1, -0.05) is 23.8 Å². The highest BCUT2D eigenvalue weighted by Crippen LogP contribution is 2.29. The number of aromatic amines is 1. The summed E-state index contributed by atoms with van der Waals surface area (Å²) in [6.07, 6.45) is 7.29. The van der Waals surface area contributed by atoms with E-state index in [4.69, 9.17) is 0 Å². The van der Waals surface area contributed by atoms with Crippen molar-refractivity contribution in [2.75, 3.05) is 13.1 Å². The molecule has 0 aliphatic carbocycles. The molecule has 0 spiro atoms. The fourth-order valence-electron chi connectivity index (χ4n) is 3.69. The van der Waals surface area contributed by atoms with Crippen LogP contribution in [0.3, 0.4) is 0 Å². The number of aromatic nitrogens is 3. The SMILES string of the molecule is Cc1cccc(-c2[nH]ncc2C(=O)N2CCC(c3ccncc3)CC2)c1. The van der Waals surface area contributed by atoms with Gasteiger partial charge in [0.05, 0.1) is 17.5 Å². The summed E-state index contributed by atoms with van der Waals surface area (Å²) in [5.41, 5.74) is 4.93. The molecular formula is C21H22N4O. The molecule has 2 aromatic heterocycles. The van der Waals surface area contributed by atoms with Gasteiger partial charge in [-0.15, -0.1) is 0 Å². The van der Waals surface area contributed by atoms with Crippen LogP contribution in [0, 0.1) is 6.92 Å². The highest BCUT2D eigenvalue weighted by molar-refractivity contribution is 5.99. The van der Waals surface area contributed by atoms with E-state index in [-0.39, 0.29) is 5.91 Å². The number of rotatable bonds is 3. The number of pyridine rings is 1. The molecule has 1 amide bonds. The summed E-state index contributed by atoms with van der Waals surface area (Å²) in [5, 5.41) is 7.13. The minimum Gasteiger partial charge on any atom is -0.338 e. The van der Waals surface area contributed by atoms with Gasteiger partial charge >= 0.3 is 0 Å². The summed E-state index contributed by atoms with van der Waals surface area (Å²) >= 11 is 0. The van der Waals surface area contributed by atoms with Gasteiger partial charge in [-0.25, -0.2) is 0 Å². The summed E-state index contributed by atoms with van der Waals surface area (Å²) in [5.74, 6) is 0.561. The van der Waals surface area contributed by atoms with Gasteiger partial charge in [0.15, 0.2) is 0 Å². The van der Waals surface area contributed by atoms with Crippen LogP contribution < -0.4 is 0 Å². The molecule has 5 nitrogen and oxygen atoms in total. The van der Waals surface area contributed by atoms with Gasteiger partial charge in [-0.2, -0.15) is 5.10 Å². The van der Waals surface area contributed by atoms with Crippen molar-refractivity contribution < 1.29 is 4.79 Å². The molecule has 1 fully saturated rings. The number of nitrogens with one attached hydrogen (secondary N) is 1. The van der Waals surface area contributed by atoms with Gasteiger partial charge in [0.2, 0.25) is 0 Å². The number of benzene rings is 1. The van der Waals surface area contributed by atoms with Crippen LogP contribution in [-0.2, 0) is 0 Å². The monoisotopic (exact) mass is 346 g/mol. The molecule has 1 saturated heterocycles. The molecule has 0 bridgehead atoms. The zero-order chi connectivity index (χ0) is 17.9. The first-order chi connectivity index (χ1) is 12.7.